The number of aliphatic hydroxyl groups is 2. The van der Waals surface area contributed by atoms with E-state index in [1.165, 1.54) is 64.0 Å². The average molecular weight is 1170 g/mol. The Morgan fingerprint density at radius 1 is 0.738 bits per heavy atom. The molecule has 3 aromatic rings. The average Bonchev–Trinajstić information content (AvgIpc) is 3.45. The second-order valence-corrected chi connectivity index (χ2v) is 24.0. The first-order chi connectivity index (χ1) is 38.1. The van der Waals surface area contributed by atoms with Crippen molar-refractivity contribution in [2.75, 3.05) is 6.61 Å². The highest BCUT2D eigenvalue weighted by molar-refractivity contribution is 9.10. The Morgan fingerprint density at radius 2 is 1.29 bits per heavy atom. The number of hydrogen-bond acceptors (Lipinski definition) is 15. The predicted octanol–water partition coefficient (Wildman–Crippen LogP) is 10.1. The number of fused-ring (bicyclic) bond motifs is 5. The molecule has 0 spiro atoms. The first kappa shape index (κ1) is 61.9. The van der Waals surface area contributed by atoms with Gasteiger partial charge in [0.05, 0.1) is 29.6 Å². The second kappa shape index (κ2) is 26.9. The Balaban J connectivity index is 1.28. The van der Waals surface area contributed by atoms with Gasteiger partial charge in [-0.3, -0.25) is 24.0 Å². The van der Waals surface area contributed by atoms with Gasteiger partial charge in [0.25, 0.3) is 5.91 Å². The Morgan fingerprint density at radius 3 is 1.82 bits per heavy atom. The minimum atomic E-state index is -2.45. The van der Waals surface area contributed by atoms with Crippen molar-refractivity contribution in [2.24, 2.45) is 16.7 Å². The van der Waals surface area contributed by atoms with Gasteiger partial charge < -0.3 is 44.0 Å². The summed E-state index contributed by atoms with van der Waals surface area (Å²) in [7, 11) is 0. The Hall–Kier alpha value is -5.75. The van der Waals surface area contributed by atoms with Crippen molar-refractivity contribution in [1.29, 1.82) is 0 Å². The van der Waals surface area contributed by atoms with Gasteiger partial charge in [0.2, 0.25) is 6.10 Å². The Labute approximate surface area is 478 Å². The van der Waals surface area contributed by atoms with E-state index < -0.39 is 123 Å². The molecule has 16 nitrogen and oxygen atoms in total. The summed E-state index contributed by atoms with van der Waals surface area (Å²) in [6.07, 6.45) is 3.30. The van der Waals surface area contributed by atoms with Crippen molar-refractivity contribution in [3.05, 3.63) is 119 Å². The van der Waals surface area contributed by atoms with Crippen LogP contribution >= 0.6 is 15.9 Å². The summed E-state index contributed by atoms with van der Waals surface area (Å²) in [5.74, 6) is -7.66. The molecule has 1 saturated heterocycles. The number of rotatable bonds is 25. The number of aliphatic hydroxyl groups excluding tert-OH is 1. The molecule has 17 heteroatoms. The van der Waals surface area contributed by atoms with Crippen LogP contribution < -0.4 is 5.32 Å². The van der Waals surface area contributed by atoms with E-state index in [-0.39, 0.29) is 35.3 Å². The smallest absolute Gasteiger partial charge is 0.350 e. The van der Waals surface area contributed by atoms with E-state index in [2.05, 4.69) is 28.2 Å². The largest absolute Gasteiger partial charge is 0.455 e. The maximum absolute atomic E-state index is 15.8. The van der Waals surface area contributed by atoms with Gasteiger partial charge in [0.15, 0.2) is 17.5 Å². The highest BCUT2D eigenvalue weighted by atomic mass is 79.9. The van der Waals surface area contributed by atoms with Crippen molar-refractivity contribution < 1.29 is 72.2 Å². The van der Waals surface area contributed by atoms with Crippen molar-refractivity contribution >= 4 is 57.5 Å². The molecule has 3 aliphatic carbocycles. The number of unbranched alkanes of at least 4 members (excludes halogenated alkanes) is 11. The normalized spacial score (nSPS) is 27.7. The fourth-order valence-electron chi connectivity index (χ4n) is 12.8. The summed E-state index contributed by atoms with van der Waals surface area (Å²) >= 11 is 3.54. The zero-order valence-electron chi connectivity index (χ0n) is 47.2. The molecule has 7 rings (SSSR count). The third-order valence-corrected chi connectivity index (χ3v) is 18.1. The SMILES string of the molecule is CCCCCCCCCCCCCCC(Br)C(=O)O[C@@H](C(=O)O[C@H]1C[C@@]2(O)[C@@H](OC(=O)c3ccccc3)[C@@H]3[C@]4(OC(C)=O)CO[C@@H]4C[C@H](O)[C@@]3(C)C(=O)[C@H](OC(C)=O)C(=C1C)C2(C)C)[C@@H](NC(=O)c1ccccc1)c1ccccc1. The maximum atomic E-state index is 15.8. The van der Waals surface area contributed by atoms with Gasteiger partial charge in [-0.2, -0.15) is 0 Å². The summed E-state index contributed by atoms with van der Waals surface area (Å²) in [5, 5.41) is 29.3. The lowest BCUT2D eigenvalue weighted by molar-refractivity contribution is -0.346. The lowest BCUT2D eigenvalue weighted by atomic mass is 9.44. The van der Waals surface area contributed by atoms with Gasteiger partial charge in [-0.05, 0) is 61.2 Å². The molecule has 0 aromatic heterocycles. The molecule has 0 radical (unpaired) electrons. The minimum Gasteiger partial charge on any atom is -0.455 e. The van der Waals surface area contributed by atoms with E-state index in [4.69, 9.17) is 28.4 Å². The second-order valence-electron chi connectivity index (χ2n) is 22.9. The highest BCUT2D eigenvalue weighted by Gasteiger charge is 2.78. The highest BCUT2D eigenvalue weighted by Crippen LogP contribution is 2.64. The fourth-order valence-corrected chi connectivity index (χ4v) is 13.2. The molecule has 80 heavy (non-hydrogen) atoms. The maximum Gasteiger partial charge on any atom is 0.350 e. The van der Waals surface area contributed by atoms with Crippen molar-refractivity contribution in [2.45, 2.75) is 203 Å². The molecule has 3 aromatic carbocycles. The molecule has 434 valence electrons. The van der Waals surface area contributed by atoms with Crippen LogP contribution in [0.4, 0.5) is 0 Å². The number of esters is 5. The monoisotopic (exact) mass is 1170 g/mol. The topological polar surface area (TPSA) is 227 Å². The number of carbonyl (C=O) groups is 7. The van der Waals surface area contributed by atoms with Crippen LogP contribution in [0, 0.1) is 16.7 Å². The van der Waals surface area contributed by atoms with Crippen LogP contribution in [0.5, 0.6) is 0 Å². The fraction of sp³-hybridized carbons (Fsp3) is 0.571. The van der Waals surface area contributed by atoms with Crippen molar-refractivity contribution in [1.82, 2.24) is 5.32 Å². The molecule has 1 unspecified atom stereocenters. The van der Waals surface area contributed by atoms with E-state index in [1.807, 2.05) is 0 Å². The van der Waals surface area contributed by atoms with Crippen LogP contribution in [0.15, 0.2) is 102 Å². The van der Waals surface area contributed by atoms with E-state index in [0.29, 0.717) is 18.4 Å². The number of halogens is 1. The number of ketones is 1. The number of hydrogen-bond donors (Lipinski definition) is 3. The number of nitrogens with one attached hydrogen (secondary N) is 1. The molecular formula is C63H80BrNO15. The Kier molecular flexibility index (Phi) is 20.8. The quantitative estimate of drug-likeness (QED) is 0.0236. The third-order valence-electron chi connectivity index (χ3n) is 17.3. The summed E-state index contributed by atoms with van der Waals surface area (Å²) in [5.41, 5.74) is -7.24. The lowest BCUT2D eigenvalue weighted by Crippen LogP contribution is -2.82. The number of Topliss-reactive ketones (excluding diaryl/α,β-unsaturated/α-hetero) is 1. The Bertz CT molecular complexity index is 2700. The van der Waals surface area contributed by atoms with E-state index in [1.54, 1.807) is 99.6 Å². The van der Waals surface area contributed by atoms with Gasteiger partial charge in [-0.25, -0.2) is 9.59 Å². The lowest BCUT2D eigenvalue weighted by Gasteiger charge is -2.67. The van der Waals surface area contributed by atoms with E-state index >= 15 is 9.59 Å². The van der Waals surface area contributed by atoms with Crippen molar-refractivity contribution in [3.8, 4) is 0 Å². The number of ether oxygens (including phenoxy) is 6. The summed E-state index contributed by atoms with van der Waals surface area (Å²) in [6, 6.07) is 23.3. The molecule has 12 atom stereocenters. The van der Waals surface area contributed by atoms with Gasteiger partial charge in [0.1, 0.15) is 34.8 Å². The molecule has 2 bridgehead atoms. The zero-order valence-corrected chi connectivity index (χ0v) is 48.8. The van der Waals surface area contributed by atoms with Gasteiger partial charge in [0, 0.05) is 37.7 Å². The van der Waals surface area contributed by atoms with Gasteiger partial charge in [-0.1, -0.05) is 180 Å². The number of benzene rings is 3. The standard InChI is InChI=1S/C63H80BrNO15/c1-8-9-10-11-12-13-14-15-16-17-18-28-35-45(64)58(72)78-52(50(42-29-22-19-23-30-42)65-56(70)43-31-24-20-25-32-43)59(73)77-46-37-63(74)55(79-57(71)44-33-26-21-27-34-44)53-61(7,47(68)36-48-62(53,38-75-48)80-41(4)67)54(69)51(76-40(3)66)49(39(46)2)60(63,5)6/h19-27,29-34,45-48,50-53,55,68,74H,8-18,28,35-38H2,1-7H3,(H,65,70)/t45?,46-,47-,48+,50-,51+,52+,53-,55-,61+,62-,63+/m0/s1. The van der Waals surface area contributed by atoms with Crippen molar-refractivity contribution in [3.63, 3.8) is 0 Å². The minimum absolute atomic E-state index is 0.0149. The number of carbonyl (C=O) groups excluding carboxylic acids is 7. The van der Waals surface area contributed by atoms with Crippen LogP contribution in [0.3, 0.4) is 0 Å². The molecule has 2 saturated carbocycles. The van der Waals surface area contributed by atoms with Crippen LogP contribution in [0.1, 0.15) is 177 Å². The first-order valence-corrected chi connectivity index (χ1v) is 29.4. The van der Waals surface area contributed by atoms with Crippen LogP contribution in [0.25, 0.3) is 0 Å². The summed E-state index contributed by atoms with van der Waals surface area (Å²) in [6.45, 7) is 10.3. The third kappa shape index (κ3) is 13.1. The predicted molar refractivity (Wildman–Crippen MR) is 300 cm³/mol. The summed E-state index contributed by atoms with van der Waals surface area (Å²) < 4.78 is 37.4. The summed E-state index contributed by atoms with van der Waals surface area (Å²) in [4.78, 5) is 100. The zero-order chi connectivity index (χ0) is 58.0. The molecule has 4 aliphatic rings. The number of amides is 1. The first-order valence-electron chi connectivity index (χ1n) is 28.5. The van der Waals surface area contributed by atoms with Gasteiger partial charge in [-0.15, -0.1) is 0 Å². The van der Waals surface area contributed by atoms with Crippen LogP contribution in [-0.4, -0.2) is 111 Å². The molecule has 3 fully saturated rings. The molecule has 1 heterocycles. The molecule has 1 amide bonds. The van der Waals surface area contributed by atoms with Crippen LogP contribution in [0.2, 0.25) is 0 Å². The van der Waals surface area contributed by atoms with Gasteiger partial charge >= 0.3 is 29.8 Å². The number of alkyl halides is 1. The van der Waals surface area contributed by atoms with Crippen LogP contribution in [-0.2, 0) is 52.4 Å². The molecular weight excluding hydrogens is 1090 g/mol. The molecule has 1 aliphatic heterocycles. The van der Waals surface area contributed by atoms with E-state index in [0.717, 1.165) is 39.5 Å². The molecule has 3 N–H and O–H groups in total. The van der Waals surface area contributed by atoms with E-state index in [9.17, 15) is 34.2 Å².